The highest BCUT2D eigenvalue weighted by molar-refractivity contribution is 7.89. The van der Waals surface area contributed by atoms with Gasteiger partial charge in [-0.1, -0.05) is 11.2 Å². The van der Waals surface area contributed by atoms with Crippen molar-refractivity contribution < 1.29 is 27.1 Å². The van der Waals surface area contributed by atoms with Crippen LogP contribution in [0.4, 0.5) is 6.01 Å². The largest absolute Gasteiger partial charge is 0.454 e. The fourth-order valence-electron chi connectivity index (χ4n) is 2.71. The quantitative estimate of drug-likeness (QED) is 0.577. The Kier molecular flexibility index (Phi) is 5.44. The van der Waals surface area contributed by atoms with Crippen LogP contribution in [-0.4, -0.2) is 49.7 Å². The lowest BCUT2D eigenvalue weighted by molar-refractivity contribution is -0.112. The fraction of sp³-hybridized carbons (Fsp3) is 0.150. The van der Waals surface area contributed by atoms with Crippen LogP contribution in [-0.2, 0) is 14.8 Å². The number of benzene rings is 2. The van der Waals surface area contributed by atoms with E-state index in [0.29, 0.717) is 17.1 Å². The second-order valence-electron chi connectivity index (χ2n) is 6.66. The first-order valence-electron chi connectivity index (χ1n) is 9.08. The van der Waals surface area contributed by atoms with Crippen LogP contribution < -0.4 is 14.8 Å². The Balaban J connectivity index is 1.41. The summed E-state index contributed by atoms with van der Waals surface area (Å²) < 4.78 is 41.4. The van der Waals surface area contributed by atoms with Gasteiger partial charge in [-0.2, -0.15) is 0 Å². The smallest absolute Gasteiger partial charge is 0.322 e. The molecule has 0 unspecified atom stereocenters. The van der Waals surface area contributed by atoms with Crippen molar-refractivity contribution in [2.75, 3.05) is 26.2 Å². The van der Waals surface area contributed by atoms with Crippen molar-refractivity contribution in [3.8, 4) is 23.0 Å². The lowest BCUT2D eigenvalue weighted by atomic mass is 10.2. The van der Waals surface area contributed by atoms with Crippen LogP contribution in [0.3, 0.4) is 0 Å². The lowest BCUT2D eigenvalue weighted by Gasteiger charge is -2.11. The normalized spacial score (nSPS) is 13.1. The first-order valence-corrected chi connectivity index (χ1v) is 10.5. The molecule has 2 heterocycles. The first kappa shape index (κ1) is 20.6. The number of fused-ring (bicyclic) bond motifs is 1. The molecule has 31 heavy (non-hydrogen) atoms. The van der Waals surface area contributed by atoms with E-state index < -0.39 is 15.9 Å². The summed E-state index contributed by atoms with van der Waals surface area (Å²) in [4.78, 5) is 12.3. The molecule has 1 aliphatic heterocycles. The van der Waals surface area contributed by atoms with E-state index in [9.17, 15) is 13.2 Å². The summed E-state index contributed by atoms with van der Waals surface area (Å²) in [6, 6.07) is 11.2. The van der Waals surface area contributed by atoms with E-state index in [0.717, 1.165) is 9.87 Å². The monoisotopic (exact) mass is 442 g/mol. The molecule has 0 spiro atoms. The molecule has 3 aromatic rings. The Hall–Kier alpha value is -3.70. The Morgan fingerprint density at radius 3 is 2.55 bits per heavy atom. The van der Waals surface area contributed by atoms with Crippen LogP contribution in [0, 0.1) is 0 Å². The molecule has 2 aromatic carbocycles. The van der Waals surface area contributed by atoms with Crippen LogP contribution in [0.15, 0.2) is 57.9 Å². The van der Waals surface area contributed by atoms with E-state index in [-0.39, 0.29) is 23.6 Å². The topological polar surface area (TPSA) is 124 Å². The van der Waals surface area contributed by atoms with Gasteiger partial charge in [0.1, 0.15) is 0 Å². The summed E-state index contributed by atoms with van der Waals surface area (Å²) in [6.45, 7) is 0.177. The fourth-order valence-corrected chi connectivity index (χ4v) is 3.61. The molecule has 1 aromatic heterocycles. The number of nitrogens with one attached hydrogen (secondary N) is 1. The van der Waals surface area contributed by atoms with Crippen molar-refractivity contribution in [3.63, 3.8) is 0 Å². The molecular formula is C20H18N4O6S. The Morgan fingerprint density at radius 1 is 1.06 bits per heavy atom. The number of ether oxygens (including phenoxy) is 2. The number of carbonyl (C=O) groups is 1. The molecule has 160 valence electrons. The molecule has 11 heteroatoms. The third-order valence-corrected chi connectivity index (χ3v) is 6.19. The van der Waals surface area contributed by atoms with Gasteiger partial charge in [0.25, 0.3) is 5.91 Å². The van der Waals surface area contributed by atoms with E-state index in [4.69, 9.17) is 13.9 Å². The van der Waals surface area contributed by atoms with Gasteiger partial charge in [-0.3, -0.25) is 10.1 Å². The van der Waals surface area contributed by atoms with Gasteiger partial charge in [0.2, 0.25) is 22.7 Å². The molecule has 1 amide bonds. The lowest BCUT2D eigenvalue weighted by Crippen LogP contribution is -2.22. The number of rotatable bonds is 6. The Morgan fingerprint density at radius 2 is 1.81 bits per heavy atom. The Labute approximate surface area is 178 Å². The molecule has 0 fully saturated rings. The minimum absolute atomic E-state index is 0.0830. The molecule has 10 nitrogen and oxygen atoms in total. The maximum Gasteiger partial charge on any atom is 0.322 e. The SMILES string of the molecule is CN(C)S(=O)(=O)c1ccc(-c2nnc(NC(=O)C=Cc3ccc4c(c3)OCO4)o2)cc1. The average Bonchev–Trinajstić information content (AvgIpc) is 3.41. The molecule has 0 aliphatic carbocycles. The summed E-state index contributed by atoms with van der Waals surface area (Å²) in [5, 5.41) is 10.1. The minimum atomic E-state index is -3.53. The average molecular weight is 442 g/mol. The number of amides is 1. The summed E-state index contributed by atoms with van der Waals surface area (Å²) in [6.07, 6.45) is 2.93. The Bertz CT molecular complexity index is 1250. The first-order chi connectivity index (χ1) is 14.8. The molecule has 0 saturated carbocycles. The number of sulfonamides is 1. The van der Waals surface area contributed by atoms with E-state index in [1.165, 1.54) is 32.3 Å². The number of nitrogens with zero attached hydrogens (tertiary/aromatic N) is 3. The van der Waals surface area contributed by atoms with Gasteiger partial charge >= 0.3 is 6.01 Å². The highest BCUT2D eigenvalue weighted by atomic mass is 32.2. The van der Waals surface area contributed by atoms with Crippen molar-refractivity contribution in [2.45, 2.75) is 4.90 Å². The third kappa shape index (κ3) is 4.42. The molecule has 0 bridgehead atoms. The molecular weight excluding hydrogens is 424 g/mol. The predicted molar refractivity (Wildman–Crippen MR) is 111 cm³/mol. The molecule has 1 aliphatic rings. The van der Waals surface area contributed by atoms with E-state index in [1.54, 1.807) is 36.4 Å². The van der Waals surface area contributed by atoms with Crippen molar-refractivity contribution in [3.05, 3.63) is 54.1 Å². The zero-order valence-electron chi connectivity index (χ0n) is 16.6. The number of hydrogen-bond acceptors (Lipinski definition) is 8. The number of aromatic nitrogens is 2. The zero-order chi connectivity index (χ0) is 22.0. The highest BCUT2D eigenvalue weighted by Crippen LogP contribution is 2.32. The second kappa shape index (κ2) is 8.20. The van der Waals surface area contributed by atoms with Crippen LogP contribution in [0.25, 0.3) is 17.5 Å². The van der Waals surface area contributed by atoms with Crippen LogP contribution in [0.2, 0.25) is 0 Å². The summed E-state index contributed by atoms with van der Waals surface area (Å²) >= 11 is 0. The number of carbonyl (C=O) groups excluding carboxylic acids is 1. The van der Waals surface area contributed by atoms with Crippen LogP contribution >= 0.6 is 0 Å². The predicted octanol–water partition coefficient (Wildman–Crippen LogP) is 2.37. The van der Waals surface area contributed by atoms with E-state index in [2.05, 4.69) is 15.5 Å². The van der Waals surface area contributed by atoms with Crippen LogP contribution in [0.5, 0.6) is 11.5 Å². The molecule has 0 radical (unpaired) electrons. The van der Waals surface area contributed by atoms with Crippen LogP contribution in [0.1, 0.15) is 5.56 Å². The molecule has 4 rings (SSSR count). The van der Waals surface area contributed by atoms with Gasteiger partial charge in [0.15, 0.2) is 11.5 Å². The molecule has 1 N–H and O–H groups in total. The van der Waals surface area contributed by atoms with Gasteiger partial charge in [0, 0.05) is 25.7 Å². The van der Waals surface area contributed by atoms with Gasteiger partial charge in [-0.15, -0.1) is 5.10 Å². The minimum Gasteiger partial charge on any atom is -0.454 e. The zero-order valence-corrected chi connectivity index (χ0v) is 17.4. The van der Waals surface area contributed by atoms with Gasteiger partial charge < -0.3 is 13.9 Å². The van der Waals surface area contributed by atoms with Crippen molar-refractivity contribution >= 4 is 28.0 Å². The third-order valence-electron chi connectivity index (χ3n) is 4.36. The maximum absolute atomic E-state index is 12.1. The molecule has 0 saturated heterocycles. The van der Waals surface area contributed by atoms with Gasteiger partial charge in [0.05, 0.1) is 4.90 Å². The van der Waals surface area contributed by atoms with Gasteiger partial charge in [-0.25, -0.2) is 12.7 Å². The number of hydrogen-bond donors (Lipinski definition) is 1. The summed E-state index contributed by atoms with van der Waals surface area (Å²) in [7, 11) is -0.621. The molecule has 0 atom stereocenters. The maximum atomic E-state index is 12.1. The number of anilines is 1. The van der Waals surface area contributed by atoms with Crippen molar-refractivity contribution in [1.29, 1.82) is 0 Å². The second-order valence-corrected chi connectivity index (χ2v) is 8.81. The van der Waals surface area contributed by atoms with Crippen molar-refractivity contribution in [1.82, 2.24) is 14.5 Å². The van der Waals surface area contributed by atoms with E-state index >= 15 is 0 Å². The highest BCUT2D eigenvalue weighted by Gasteiger charge is 2.18. The van der Waals surface area contributed by atoms with Gasteiger partial charge in [-0.05, 0) is 48.0 Å². The summed E-state index contributed by atoms with van der Waals surface area (Å²) in [5.74, 6) is 0.963. The van der Waals surface area contributed by atoms with E-state index in [1.807, 2.05) is 0 Å². The summed E-state index contributed by atoms with van der Waals surface area (Å²) in [5.41, 5.74) is 1.28. The standard InChI is InChI=1S/C20H18N4O6S/c1-24(2)31(26,27)15-7-5-14(6-8-15)19-22-23-20(30-19)21-18(25)10-4-13-3-9-16-17(11-13)29-12-28-16/h3-11H,12H2,1-2H3,(H,21,23,25). The van der Waals surface area contributed by atoms with Crippen molar-refractivity contribution in [2.24, 2.45) is 0 Å².